The van der Waals surface area contributed by atoms with Gasteiger partial charge in [0.25, 0.3) is 0 Å². The summed E-state index contributed by atoms with van der Waals surface area (Å²) in [5, 5.41) is 0. The standard InChI is InChI=1S/C19H15N3O4/c1-24-15-4-3-13(20-10-15)11-25-14-5-6-17-16(8-14)22-19(26-17)12-2-7-18(23)21-9-12/h2-10H,11H2,1H3,(H,21,23)/p+1. The van der Waals surface area contributed by atoms with Crippen molar-refractivity contribution < 1.29 is 18.9 Å². The normalized spacial score (nSPS) is 10.8. The van der Waals surface area contributed by atoms with Crippen LogP contribution in [-0.4, -0.2) is 17.1 Å². The third kappa shape index (κ3) is 3.27. The van der Waals surface area contributed by atoms with Crippen molar-refractivity contribution in [1.82, 2.24) is 9.97 Å². The Bertz CT molecular complexity index is 1080. The predicted molar refractivity (Wildman–Crippen MR) is 93.9 cm³/mol. The number of H-pyrrole nitrogens is 2. The molecule has 4 aromatic rings. The number of hydrogen-bond acceptors (Lipinski definition) is 5. The van der Waals surface area contributed by atoms with Gasteiger partial charge >= 0.3 is 0 Å². The summed E-state index contributed by atoms with van der Waals surface area (Å²) in [4.78, 5) is 21.3. The van der Waals surface area contributed by atoms with E-state index in [0.717, 1.165) is 11.4 Å². The van der Waals surface area contributed by atoms with Crippen molar-refractivity contribution in [2.75, 3.05) is 7.11 Å². The van der Waals surface area contributed by atoms with Gasteiger partial charge in [0.2, 0.25) is 23.3 Å². The minimum absolute atomic E-state index is 0.170. The highest BCUT2D eigenvalue weighted by Crippen LogP contribution is 2.26. The number of pyridine rings is 2. The molecule has 0 aliphatic rings. The number of aromatic nitrogens is 3. The molecule has 0 bridgehead atoms. The fraction of sp³-hybridized carbons (Fsp3) is 0.105. The van der Waals surface area contributed by atoms with E-state index in [1.807, 2.05) is 30.3 Å². The van der Waals surface area contributed by atoms with E-state index >= 15 is 0 Å². The molecule has 3 aromatic heterocycles. The van der Waals surface area contributed by atoms with Gasteiger partial charge in [0.05, 0.1) is 12.7 Å². The lowest BCUT2D eigenvalue weighted by Crippen LogP contribution is -2.13. The SMILES string of the molecule is COc1ccc(COc2ccc3oc(-c4ccc(=O)[nH]c4)nc3c2)[nH+]c1. The van der Waals surface area contributed by atoms with Crippen molar-refractivity contribution in [3.63, 3.8) is 0 Å². The number of fused-ring (bicyclic) bond motifs is 1. The van der Waals surface area contributed by atoms with Crippen molar-refractivity contribution in [3.05, 3.63) is 70.9 Å². The van der Waals surface area contributed by atoms with E-state index in [0.29, 0.717) is 34.9 Å². The second-order valence-corrected chi connectivity index (χ2v) is 5.63. The van der Waals surface area contributed by atoms with Crippen LogP contribution in [0.1, 0.15) is 5.69 Å². The zero-order valence-electron chi connectivity index (χ0n) is 14.0. The van der Waals surface area contributed by atoms with Gasteiger partial charge in [-0.3, -0.25) is 4.79 Å². The average molecular weight is 350 g/mol. The molecule has 0 saturated carbocycles. The maximum absolute atomic E-state index is 11.2. The fourth-order valence-corrected chi connectivity index (χ4v) is 2.48. The number of benzene rings is 1. The fourth-order valence-electron chi connectivity index (χ4n) is 2.48. The molecule has 0 aliphatic carbocycles. The number of oxazole rings is 1. The Balaban J connectivity index is 1.53. The second kappa shape index (κ2) is 6.72. The Kier molecular flexibility index (Phi) is 4.10. The average Bonchev–Trinajstić information content (AvgIpc) is 3.10. The Labute approximate surface area is 148 Å². The Hall–Kier alpha value is -3.61. The van der Waals surface area contributed by atoms with Crippen LogP contribution in [0.15, 0.2) is 64.1 Å². The van der Waals surface area contributed by atoms with E-state index in [4.69, 9.17) is 13.9 Å². The van der Waals surface area contributed by atoms with Crippen molar-refractivity contribution in [3.8, 4) is 23.0 Å². The minimum atomic E-state index is -0.170. The van der Waals surface area contributed by atoms with E-state index < -0.39 is 0 Å². The van der Waals surface area contributed by atoms with E-state index in [1.54, 1.807) is 25.6 Å². The van der Waals surface area contributed by atoms with Gasteiger partial charge in [-0.25, -0.2) is 9.97 Å². The monoisotopic (exact) mass is 350 g/mol. The molecule has 26 heavy (non-hydrogen) atoms. The Morgan fingerprint density at radius 2 is 2.04 bits per heavy atom. The zero-order valence-corrected chi connectivity index (χ0v) is 14.0. The lowest BCUT2D eigenvalue weighted by molar-refractivity contribution is -0.395. The van der Waals surface area contributed by atoms with Crippen molar-refractivity contribution in [2.24, 2.45) is 0 Å². The van der Waals surface area contributed by atoms with Gasteiger partial charge in [-0.2, -0.15) is 0 Å². The molecule has 0 spiro atoms. The van der Waals surface area contributed by atoms with Gasteiger partial charge in [-0.15, -0.1) is 0 Å². The molecular formula is C19H16N3O4+. The van der Waals surface area contributed by atoms with E-state index in [9.17, 15) is 4.79 Å². The van der Waals surface area contributed by atoms with Crippen molar-refractivity contribution in [2.45, 2.75) is 6.61 Å². The molecule has 2 N–H and O–H groups in total. The zero-order chi connectivity index (χ0) is 17.9. The molecule has 7 nitrogen and oxygen atoms in total. The summed E-state index contributed by atoms with van der Waals surface area (Å²) in [6.45, 7) is 0.389. The van der Waals surface area contributed by atoms with Crippen LogP contribution in [0.25, 0.3) is 22.6 Å². The lowest BCUT2D eigenvalue weighted by Gasteiger charge is -2.03. The summed E-state index contributed by atoms with van der Waals surface area (Å²) in [5.41, 5.74) is 2.78. The maximum atomic E-state index is 11.2. The Morgan fingerprint density at radius 3 is 2.77 bits per heavy atom. The largest absolute Gasteiger partial charge is 0.491 e. The first-order valence-corrected chi connectivity index (χ1v) is 7.98. The highest BCUT2D eigenvalue weighted by Gasteiger charge is 2.10. The molecule has 0 fully saturated rings. The maximum Gasteiger partial charge on any atom is 0.247 e. The van der Waals surface area contributed by atoms with Crippen LogP contribution in [0.3, 0.4) is 0 Å². The minimum Gasteiger partial charge on any atom is -0.491 e. The number of ether oxygens (including phenoxy) is 2. The molecule has 0 atom stereocenters. The number of nitrogens with zero attached hydrogens (tertiary/aromatic N) is 1. The lowest BCUT2D eigenvalue weighted by atomic mass is 10.3. The quantitative estimate of drug-likeness (QED) is 0.597. The molecule has 3 heterocycles. The van der Waals surface area contributed by atoms with Crippen LogP contribution in [-0.2, 0) is 6.61 Å². The number of aromatic amines is 2. The first-order chi connectivity index (χ1) is 12.7. The number of hydrogen-bond donors (Lipinski definition) is 1. The predicted octanol–water partition coefficient (Wildman–Crippen LogP) is 2.58. The van der Waals surface area contributed by atoms with Crippen LogP contribution in [0.2, 0.25) is 0 Å². The number of rotatable bonds is 5. The molecule has 0 radical (unpaired) electrons. The van der Waals surface area contributed by atoms with Gasteiger partial charge in [-0.1, -0.05) is 0 Å². The molecule has 0 aliphatic heterocycles. The first kappa shape index (κ1) is 15.9. The summed E-state index contributed by atoms with van der Waals surface area (Å²) >= 11 is 0. The van der Waals surface area contributed by atoms with Crippen LogP contribution in [0.4, 0.5) is 0 Å². The molecular weight excluding hydrogens is 334 g/mol. The van der Waals surface area contributed by atoms with Gasteiger partial charge in [0, 0.05) is 24.4 Å². The molecule has 130 valence electrons. The van der Waals surface area contributed by atoms with Crippen molar-refractivity contribution >= 4 is 11.1 Å². The third-order valence-corrected chi connectivity index (χ3v) is 3.87. The first-order valence-electron chi connectivity index (χ1n) is 7.98. The van der Waals surface area contributed by atoms with Crippen molar-refractivity contribution in [1.29, 1.82) is 0 Å². The second-order valence-electron chi connectivity index (χ2n) is 5.63. The van der Waals surface area contributed by atoms with Crippen LogP contribution < -0.4 is 20.0 Å². The smallest absolute Gasteiger partial charge is 0.247 e. The van der Waals surface area contributed by atoms with Gasteiger partial charge in [0.1, 0.15) is 11.3 Å². The van der Waals surface area contributed by atoms with Gasteiger partial charge in [-0.05, 0) is 24.3 Å². The summed E-state index contributed by atoms with van der Waals surface area (Å²) in [5.74, 6) is 1.88. The number of nitrogens with one attached hydrogen (secondary N) is 2. The molecule has 7 heteroatoms. The van der Waals surface area contributed by atoms with Crippen LogP contribution in [0, 0.1) is 0 Å². The molecule has 1 aromatic carbocycles. The summed E-state index contributed by atoms with van der Waals surface area (Å²) < 4.78 is 16.6. The van der Waals surface area contributed by atoms with E-state index in [2.05, 4.69) is 15.0 Å². The van der Waals surface area contributed by atoms with Crippen LogP contribution in [0.5, 0.6) is 11.5 Å². The van der Waals surface area contributed by atoms with Crippen LogP contribution >= 0.6 is 0 Å². The summed E-state index contributed by atoms with van der Waals surface area (Å²) in [6, 6.07) is 12.3. The van der Waals surface area contributed by atoms with Gasteiger partial charge < -0.3 is 18.9 Å². The summed E-state index contributed by atoms with van der Waals surface area (Å²) in [6.07, 6.45) is 3.35. The van der Waals surface area contributed by atoms with Gasteiger partial charge in [0.15, 0.2) is 17.9 Å². The van der Waals surface area contributed by atoms with E-state index in [-0.39, 0.29) is 5.56 Å². The highest BCUT2D eigenvalue weighted by atomic mass is 16.5. The summed E-state index contributed by atoms with van der Waals surface area (Å²) in [7, 11) is 1.62. The van der Waals surface area contributed by atoms with E-state index in [1.165, 1.54) is 6.07 Å². The number of methoxy groups -OCH3 is 1. The molecule has 4 rings (SSSR count). The molecule has 0 saturated heterocycles. The third-order valence-electron chi connectivity index (χ3n) is 3.87. The highest BCUT2D eigenvalue weighted by molar-refractivity contribution is 5.77. The molecule has 0 unspecified atom stereocenters. The topological polar surface area (TPSA) is 91.5 Å². The molecule has 0 amide bonds. The Morgan fingerprint density at radius 1 is 1.15 bits per heavy atom.